The number of aromatic nitrogens is 1. The van der Waals surface area contributed by atoms with Crippen LogP contribution in [0.3, 0.4) is 0 Å². The number of benzene rings is 2. The van der Waals surface area contributed by atoms with Crippen LogP contribution in [0.15, 0.2) is 67.6 Å². The summed E-state index contributed by atoms with van der Waals surface area (Å²) in [5.74, 6) is -0.248. The molecular formula is C21H18BrN5OS. The standard InChI is InChI=1S/C21H18BrN5OS/c1-12-4-7-15(8-5-12)18-11-29-21(23-18)27-20(28)19(14(3)26-27)25-24-16-9-6-13(2)17(22)10-16/h4-11,19H,1-3H3/t19-/m0/s1. The minimum Gasteiger partial charge on any atom is -0.269 e. The van der Waals surface area contributed by atoms with E-state index < -0.39 is 6.04 Å². The van der Waals surface area contributed by atoms with Crippen molar-refractivity contribution in [3.8, 4) is 11.3 Å². The molecule has 2 heterocycles. The first-order valence-corrected chi connectivity index (χ1v) is 10.7. The number of carbonyl (C=O) groups is 1. The molecule has 4 rings (SSSR count). The Hall–Kier alpha value is -2.71. The Kier molecular flexibility index (Phi) is 5.38. The zero-order chi connectivity index (χ0) is 20.5. The lowest BCUT2D eigenvalue weighted by molar-refractivity contribution is -0.117. The number of halogens is 1. The van der Waals surface area contributed by atoms with Crippen LogP contribution in [0.5, 0.6) is 0 Å². The minimum atomic E-state index is -0.734. The first-order chi connectivity index (χ1) is 13.9. The Labute approximate surface area is 181 Å². The second-order valence-electron chi connectivity index (χ2n) is 6.82. The molecule has 0 saturated carbocycles. The molecule has 0 bridgehead atoms. The highest BCUT2D eigenvalue weighted by Crippen LogP contribution is 2.31. The quantitative estimate of drug-likeness (QED) is 0.437. The highest BCUT2D eigenvalue weighted by molar-refractivity contribution is 9.10. The predicted molar refractivity (Wildman–Crippen MR) is 120 cm³/mol. The summed E-state index contributed by atoms with van der Waals surface area (Å²) in [5.41, 5.74) is 5.40. The van der Waals surface area contributed by atoms with E-state index in [0.717, 1.165) is 21.3 Å². The van der Waals surface area contributed by atoms with Crippen LogP contribution < -0.4 is 5.01 Å². The largest absolute Gasteiger partial charge is 0.282 e. The van der Waals surface area contributed by atoms with Gasteiger partial charge in [0.15, 0.2) is 6.04 Å². The molecule has 1 aliphatic rings. The molecular weight excluding hydrogens is 450 g/mol. The van der Waals surface area contributed by atoms with E-state index in [9.17, 15) is 4.79 Å². The average molecular weight is 468 g/mol. The third kappa shape index (κ3) is 4.04. The van der Waals surface area contributed by atoms with E-state index in [-0.39, 0.29) is 5.91 Å². The van der Waals surface area contributed by atoms with E-state index in [1.807, 2.05) is 61.7 Å². The molecule has 3 aromatic rings. The van der Waals surface area contributed by atoms with Crippen LogP contribution in [-0.2, 0) is 4.79 Å². The highest BCUT2D eigenvalue weighted by Gasteiger charge is 2.36. The van der Waals surface area contributed by atoms with Gasteiger partial charge in [0.1, 0.15) is 0 Å². The predicted octanol–water partition coefficient (Wildman–Crippen LogP) is 6.06. The smallest absolute Gasteiger partial charge is 0.269 e. The zero-order valence-corrected chi connectivity index (χ0v) is 18.5. The maximum atomic E-state index is 12.9. The van der Waals surface area contributed by atoms with Crippen molar-refractivity contribution in [3.63, 3.8) is 0 Å². The Balaban J connectivity index is 1.54. The lowest BCUT2D eigenvalue weighted by Crippen LogP contribution is -2.29. The fourth-order valence-corrected chi connectivity index (χ4v) is 3.97. The number of hydrogen-bond acceptors (Lipinski definition) is 6. The molecule has 0 aliphatic carbocycles. The number of azo groups is 1. The fourth-order valence-electron chi connectivity index (χ4n) is 2.81. The first kappa shape index (κ1) is 19.6. The van der Waals surface area contributed by atoms with Gasteiger partial charge in [-0.3, -0.25) is 4.79 Å². The van der Waals surface area contributed by atoms with Crippen LogP contribution in [0, 0.1) is 13.8 Å². The topological polar surface area (TPSA) is 70.3 Å². The first-order valence-electron chi connectivity index (χ1n) is 9.01. The molecule has 1 aliphatic heterocycles. The Morgan fingerprint density at radius 1 is 1.10 bits per heavy atom. The normalized spacial score (nSPS) is 16.7. The van der Waals surface area contributed by atoms with E-state index in [4.69, 9.17) is 0 Å². The summed E-state index contributed by atoms with van der Waals surface area (Å²) in [6.45, 7) is 5.82. The van der Waals surface area contributed by atoms with Crippen molar-refractivity contribution >= 4 is 49.7 Å². The van der Waals surface area contributed by atoms with Crippen molar-refractivity contribution in [1.82, 2.24) is 4.98 Å². The summed E-state index contributed by atoms with van der Waals surface area (Å²) in [5, 5.41) is 16.6. The Bertz CT molecular complexity index is 1140. The van der Waals surface area contributed by atoms with Gasteiger partial charge in [0, 0.05) is 15.4 Å². The van der Waals surface area contributed by atoms with E-state index in [0.29, 0.717) is 16.5 Å². The van der Waals surface area contributed by atoms with Gasteiger partial charge in [0.25, 0.3) is 5.91 Å². The third-order valence-electron chi connectivity index (χ3n) is 4.56. The molecule has 6 nitrogen and oxygen atoms in total. The Morgan fingerprint density at radius 3 is 2.59 bits per heavy atom. The van der Waals surface area contributed by atoms with E-state index >= 15 is 0 Å². The van der Waals surface area contributed by atoms with Crippen LogP contribution >= 0.6 is 27.3 Å². The molecule has 1 amide bonds. The number of hydrogen-bond donors (Lipinski definition) is 0. The summed E-state index contributed by atoms with van der Waals surface area (Å²) in [6, 6.07) is 13.1. The molecule has 8 heteroatoms. The van der Waals surface area contributed by atoms with Crippen molar-refractivity contribution in [2.24, 2.45) is 15.3 Å². The average Bonchev–Trinajstić information content (AvgIpc) is 3.29. The summed E-state index contributed by atoms with van der Waals surface area (Å²) < 4.78 is 0.949. The SMILES string of the molecule is CC1=NN(c2nc(-c3ccc(C)cc3)cs2)C(=O)[C@H]1N=Nc1ccc(C)c(Br)c1. The van der Waals surface area contributed by atoms with E-state index in [1.54, 1.807) is 6.92 Å². The van der Waals surface area contributed by atoms with Crippen LogP contribution in [-0.4, -0.2) is 22.6 Å². The number of rotatable bonds is 4. The molecule has 0 N–H and O–H groups in total. The number of thiazole rings is 1. The van der Waals surface area contributed by atoms with Crippen molar-refractivity contribution < 1.29 is 4.79 Å². The number of amides is 1. The lowest BCUT2D eigenvalue weighted by Gasteiger charge is -2.08. The summed E-state index contributed by atoms with van der Waals surface area (Å²) in [6.07, 6.45) is 0. The second-order valence-corrected chi connectivity index (χ2v) is 8.52. The summed E-state index contributed by atoms with van der Waals surface area (Å²) >= 11 is 4.86. The van der Waals surface area contributed by atoms with Gasteiger partial charge < -0.3 is 0 Å². The van der Waals surface area contributed by atoms with E-state index in [1.165, 1.54) is 21.9 Å². The number of hydrazone groups is 1. The van der Waals surface area contributed by atoms with Crippen LogP contribution in [0.25, 0.3) is 11.3 Å². The molecule has 0 saturated heterocycles. The maximum absolute atomic E-state index is 12.9. The van der Waals surface area contributed by atoms with Crippen LogP contribution in [0.2, 0.25) is 0 Å². The second kappa shape index (κ2) is 7.96. The van der Waals surface area contributed by atoms with Gasteiger partial charge in [-0.1, -0.05) is 51.8 Å². The fraction of sp³-hybridized carbons (Fsp3) is 0.190. The van der Waals surface area contributed by atoms with Crippen molar-refractivity contribution in [1.29, 1.82) is 0 Å². The summed E-state index contributed by atoms with van der Waals surface area (Å²) in [7, 11) is 0. The maximum Gasteiger partial charge on any atom is 0.282 e. The van der Waals surface area contributed by atoms with Crippen LogP contribution in [0.4, 0.5) is 10.8 Å². The highest BCUT2D eigenvalue weighted by atomic mass is 79.9. The van der Waals surface area contributed by atoms with Gasteiger partial charge in [-0.25, -0.2) is 4.98 Å². The molecule has 2 aromatic carbocycles. The van der Waals surface area contributed by atoms with Crippen molar-refractivity contribution in [2.45, 2.75) is 26.8 Å². The molecule has 1 aromatic heterocycles. The molecule has 1 atom stereocenters. The van der Waals surface area contributed by atoms with Gasteiger partial charge in [-0.2, -0.15) is 20.3 Å². The zero-order valence-electron chi connectivity index (χ0n) is 16.1. The van der Waals surface area contributed by atoms with Gasteiger partial charge >= 0.3 is 0 Å². The van der Waals surface area contributed by atoms with Gasteiger partial charge in [-0.05, 0) is 38.5 Å². The minimum absolute atomic E-state index is 0.248. The van der Waals surface area contributed by atoms with Gasteiger partial charge in [0.2, 0.25) is 5.13 Å². The third-order valence-corrected chi connectivity index (χ3v) is 6.23. The molecule has 0 radical (unpaired) electrons. The molecule has 0 unspecified atom stereocenters. The van der Waals surface area contributed by atoms with Crippen molar-refractivity contribution in [2.75, 3.05) is 5.01 Å². The number of nitrogens with zero attached hydrogens (tertiary/aromatic N) is 5. The van der Waals surface area contributed by atoms with Gasteiger partial charge in [-0.15, -0.1) is 11.3 Å². The van der Waals surface area contributed by atoms with Crippen LogP contribution in [0.1, 0.15) is 18.1 Å². The Morgan fingerprint density at radius 2 is 1.86 bits per heavy atom. The summed E-state index contributed by atoms with van der Waals surface area (Å²) in [4.78, 5) is 17.5. The molecule has 0 spiro atoms. The van der Waals surface area contributed by atoms with E-state index in [2.05, 4.69) is 36.2 Å². The monoisotopic (exact) mass is 467 g/mol. The van der Waals surface area contributed by atoms with Gasteiger partial charge in [0.05, 0.1) is 17.1 Å². The number of carbonyl (C=O) groups excluding carboxylic acids is 1. The van der Waals surface area contributed by atoms with Crippen molar-refractivity contribution in [3.05, 3.63) is 63.4 Å². The molecule has 29 heavy (non-hydrogen) atoms. The number of anilines is 1. The molecule has 0 fully saturated rings. The number of aryl methyl sites for hydroxylation is 2. The lowest BCUT2D eigenvalue weighted by atomic mass is 10.1. The molecule has 146 valence electrons.